The highest BCUT2D eigenvalue weighted by atomic mass is 16.5. The van der Waals surface area contributed by atoms with E-state index in [4.69, 9.17) is 4.74 Å². The van der Waals surface area contributed by atoms with Crippen molar-refractivity contribution in [1.29, 1.82) is 0 Å². The van der Waals surface area contributed by atoms with E-state index in [0.29, 0.717) is 19.0 Å². The van der Waals surface area contributed by atoms with Crippen LogP contribution >= 0.6 is 0 Å². The van der Waals surface area contributed by atoms with Crippen molar-refractivity contribution in [2.24, 2.45) is 5.92 Å². The van der Waals surface area contributed by atoms with Crippen molar-refractivity contribution in [3.05, 3.63) is 12.1 Å². The van der Waals surface area contributed by atoms with E-state index >= 15 is 0 Å². The highest BCUT2D eigenvalue weighted by Gasteiger charge is 2.22. The third-order valence-electron chi connectivity index (χ3n) is 4.32. The summed E-state index contributed by atoms with van der Waals surface area (Å²) in [5.74, 6) is 1.43. The van der Waals surface area contributed by atoms with E-state index in [0.717, 1.165) is 44.8 Å². The second-order valence-electron chi connectivity index (χ2n) is 5.94. The summed E-state index contributed by atoms with van der Waals surface area (Å²) in [6.45, 7) is 5.30. The SMILES string of the molecule is CN1CCN(c2ccc(NC(=O)C3CCOCC3)nn2)CC1. The topological polar surface area (TPSA) is 70.6 Å². The molecule has 0 aliphatic carbocycles. The summed E-state index contributed by atoms with van der Waals surface area (Å²) < 4.78 is 5.27. The monoisotopic (exact) mass is 305 g/mol. The van der Waals surface area contributed by atoms with E-state index < -0.39 is 0 Å². The Morgan fingerprint density at radius 2 is 1.91 bits per heavy atom. The Morgan fingerprint density at radius 1 is 1.18 bits per heavy atom. The molecule has 7 heteroatoms. The number of carbonyl (C=O) groups is 1. The Labute approximate surface area is 130 Å². The molecule has 0 saturated carbocycles. The molecule has 0 atom stereocenters. The number of nitrogens with one attached hydrogen (secondary N) is 1. The largest absolute Gasteiger partial charge is 0.381 e. The van der Waals surface area contributed by atoms with Gasteiger partial charge in [0.15, 0.2) is 11.6 Å². The fourth-order valence-corrected chi connectivity index (χ4v) is 2.78. The van der Waals surface area contributed by atoms with Gasteiger partial charge in [0.1, 0.15) is 0 Å². The fraction of sp³-hybridized carbons (Fsp3) is 0.667. The average molecular weight is 305 g/mol. The van der Waals surface area contributed by atoms with Crippen LogP contribution in [-0.2, 0) is 9.53 Å². The molecule has 3 rings (SSSR count). The first-order valence-electron chi connectivity index (χ1n) is 7.88. The van der Waals surface area contributed by atoms with E-state index in [1.807, 2.05) is 12.1 Å². The number of aromatic nitrogens is 2. The highest BCUT2D eigenvalue weighted by molar-refractivity contribution is 5.91. The maximum absolute atomic E-state index is 12.1. The van der Waals surface area contributed by atoms with Gasteiger partial charge in [-0.25, -0.2) is 0 Å². The number of piperazine rings is 1. The standard InChI is InChI=1S/C15H23N5O2/c1-19-6-8-20(9-7-19)14-3-2-13(17-18-14)16-15(21)12-4-10-22-11-5-12/h2-3,12H,4-11H2,1H3,(H,16,17,21). The lowest BCUT2D eigenvalue weighted by Crippen LogP contribution is -2.44. The lowest BCUT2D eigenvalue weighted by atomic mass is 9.99. The van der Waals surface area contributed by atoms with E-state index in [1.54, 1.807) is 0 Å². The fourth-order valence-electron chi connectivity index (χ4n) is 2.78. The third kappa shape index (κ3) is 3.72. The molecule has 1 amide bonds. The maximum Gasteiger partial charge on any atom is 0.228 e. The van der Waals surface area contributed by atoms with E-state index in [1.165, 1.54) is 0 Å². The van der Waals surface area contributed by atoms with Crippen LogP contribution in [0.4, 0.5) is 11.6 Å². The van der Waals surface area contributed by atoms with Crippen molar-refractivity contribution < 1.29 is 9.53 Å². The summed E-state index contributed by atoms with van der Waals surface area (Å²) in [5.41, 5.74) is 0. The third-order valence-corrected chi connectivity index (χ3v) is 4.32. The van der Waals surface area contributed by atoms with E-state index in [9.17, 15) is 4.79 Å². The Kier molecular flexibility index (Phi) is 4.84. The first-order valence-corrected chi connectivity index (χ1v) is 7.88. The Hall–Kier alpha value is -1.73. The number of nitrogens with zero attached hydrogens (tertiary/aromatic N) is 4. The van der Waals surface area contributed by atoms with Gasteiger partial charge in [-0.3, -0.25) is 4.79 Å². The van der Waals surface area contributed by atoms with Crippen molar-refractivity contribution in [3.8, 4) is 0 Å². The normalized spacial score (nSPS) is 20.9. The average Bonchev–Trinajstić information content (AvgIpc) is 2.57. The Bertz CT molecular complexity index is 493. The van der Waals surface area contributed by atoms with Gasteiger partial charge >= 0.3 is 0 Å². The Balaban J connectivity index is 1.56. The highest BCUT2D eigenvalue weighted by Crippen LogP contribution is 2.18. The predicted octanol–water partition coefficient (Wildman–Crippen LogP) is 0.593. The molecule has 7 nitrogen and oxygen atoms in total. The first kappa shape index (κ1) is 15.2. The molecule has 2 fully saturated rings. The molecule has 1 N–H and O–H groups in total. The zero-order chi connectivity index (χ0) is 15.4. The number of amides is 1. The minimum absolute atomic E-state index is 0.0185. The molecular weight excluding hydrogens is 282 g/mol. The van der Waals surface area contributed by atoms with Crippen LogP contribution in [-0.4, -0.2) is 67.4 Å². The van der Waals surface area contributed by atoms with Gasteiger partial charge in [0, 0.05) is 45.3 Å². The van der Waals surface area contributed by atoms with Gasteiger partial charge < -0.3 is 19.9 Å². The van der Waals surface area contributed by atoms with Gasteiger partial charge in [-0.15, -0.1) is 10.2 Å². The van der Waals surface area contributed by atoms with E-state index in [-0.39, 0.29) is 11.8 Å². The molecule has 2 aliphatic heterocycles. The number of rotatable bonds is 3. The second-order valence-corrected chi connectivity index (χ2v) is 5.94. The second kappa shape index (κ2) is 7.02. The number of likely N-dealkylation sites (N-methyl/N-ethyl adjacent to an activating group) is 1. The summed E-state index contributed by atoms with van der Waals surface area (Å²) in [7, 11) is 2.12. The predicted molar refractivity (Wildman–Crippen MR) is 83.9 cm³/mol. The van der Waals surface area contributed by atoms with Crippen LogP contribution in [0, 0.1) is 5.92 Å². The molecule has 22 heavy (non-hydrogen) atoms. The van der Waals surface area contributed by atoms with Gasteiger partial charge in [-0.05, 0) is 32.0 Å². The summed E-state index contributed by atoms with van der Waals surface area (Å²) in [6.07, 6.45) is 1.55. The number of ether oxygens (including phenoxy) is 1. The number of hydrogen-bond acceptors (Lipinski definition) is 6. The van der Waals surface area contributed by atoms with Gasteiger partial charge in [0.05, 0.1) is 0 Å². The van der Waals surface area contributed by atoms with Crippen molar-refractivity contribution in [2.45, 2.75) is 12.8 Å². The molecule has 3 heterocycles. The lowest BCUT2D eigenvalue weighted by molar-refractivity contribution is -0.122. The summed E-state index contributed by atoms with van der Waals surface area (Å²) in [5, 5.41) is 11.2. The van der Waals surface area contributed by atoms with Crippen molar-refractivity contribution in [3.63, 3.8) is 0 Å². The Morgan fingerprint density at radius 3 is 2.55 bits per heavy atom. The molecule has 1 aromatic heterocycles. The van der Waals surface area contributed by atoms with Crippen LogP contribution in [0.25, 0.3) is 0 Å². The molecule has 0 spiro atoms. The quantitative estimate of drug-likeness (QED) is 0.881. The van der Waals surface area contributed by atoms with Crippen molar-refractivity contribution in [1.82, 2.24) is 15.1 Å². The van der Waals surface area contributed by atoms with Crippen molar-refractivity contribution in [2.75, 3.05) is 56.7 Å². The molecule has 2 aliphatic rings. The summed E-state index contributed by atoms with van der Waals surface area (Å²) >= 11 is 0. The van der Waals surface area contributed by atoms with E-state index in [2.05, 4.69) is 32.4 Å². The minimum Gasteiger partial charge on any atom is -0.381 e. The van der Waals surface area contributed by atoms with Crippen LogP contribution in [0.5, 0.6) is 0 Å². The van der Waals surface area contributed by atoms with Crippen LogP contribution in [0.15, 0.2) is 12.1 Å². The van der Waals surface area contributed by atoms with Crippen LogP contribution in [0.1, 0.15) is 12.8 Å². The minimum atomic E-state index is 0.0185. The number of hydrogen-bond donors (Lipinski definition) is 1. The summed E-state index contributed by atoms with van der Waals surface area (Å²) in [6, 6.07) is 3.76. The van der Waals surface area contributed by atoms with Gasteiger partial charge in [-0.2, -0.15) is 0 Å². The summed E-state index contributed by atoms with van der Waals surface area (Å²) in [4.78, 5) is 16.7. The van der Waals surface area contributed by atoms with Crippen LogP contribution in [0.2, 0.25) is 0 Å². The van der Waals surface area contributed by atoms with Gasteiger partial charge in [0.2, 0.25) is 5.91 Å². The van der Waals surface area contributed by atoms with Gasteiger partial charge in [-0.1, -0.05) is 0 Å². The molecule has 2 saturated heterocycles. The smallest absolute Gasteiger partial charge is 0.228 e. The maximum atomic E-state index is 12.1. The first-order chi connectivity index (χ1) is 10.7. The molecule has 120 valence electrons. The zero-order valence-corrected chi connectivity index (χ0v) is 13.0. The molecule has 0 radical (unpaired) electrons. The molecular formula is C15H23N5O2. The van der Waals surface area contributed by atoms with Crippen molar-refractivity contribution >= 4 is 17.5 Å². The molecule has 1 aromatic rings. The van der Waals surface area contributed by atoms with Gasteiger partial charge in [0.25, 0.3) is 0 Å². The number of anilines is 2. The lowest BCUT2D eigenvalue weighted by Gasteiger charge is -2.32. The molecule has 0 aromatic carbocycles. The molecule has 0 unspecified atom stereocenters. The van der Waals surface area contributed by atoms with Crippen LogP contribution < -0.4 is 10.2 Å². The van der Waals surface area contributed by atoms with Crippen LogP contribution in [0.3, 0.4) is 0 Å². The number of carbonyl (C=O) groups excluding carboxylic acids is 1. The zero-order valence-electron chi connectivity index (χ0n) is 13.0. The molecule has 0 bridgehead atoms.